The quantitative estimate of drug-likeness (QED) is 0.375. The number of hydrogen-bond acceptors (Lipinski definition) is 0. The van der Waals surface area contributed by atoms with Crippen molar-refractivity contribution in [3.05, 3.63) is 0 Å². The minimum atomic E-state index is 0. The molecule has 0 radical (unpaired) electrons. The van der Waals surface area contributed by atoms with Crippen LogP contribution in [0.4, 0.5) is 0 Å². The fourth-order valence-electron chi connectivity index (χ4n) is 1.74. The molecule has 15 heavy (non-hydrogen) atoms. The Balaban J connectivity index is -0.000000720. The second-order valence-electron chi connectivity index (χ2n) is 4.18. The van der Waals surface area contributed by atoms with Crippen LogP contribution in [0.15, 0.2) is 0 Å². The minimum absolute atomic E-state index is 0. The highest BCUT2D eigenvalue weighted by Gasteiger charge is 1.90. The van der Waals surface area contributed by atoms with Gasteiger partial charge in [0.05, 0.1) is 0 Å². The predicted octanol–water partition coefficient (Wildman–Crippen LogP) is 5.11. The van der Waals surface area contributed by atoms with Crippen molar-refractivity contribution in [2.75, 3.05) is 0 Å². The molecule has 0 nitrogen and oxygen atoms in total. The normalized spacial score (nSPS) is 9.13. The highest BCUT2D eigenvalue weighted by atomic mass is 79.9. The van der Waals surface area contributed by atoms with Crippen molar-refractivity contribution in [3.8, 4) is 0 Å². The van der Waals surface area contributed by atoms with Crippen molar-refractivity contribution in [2.45, 2.75) is 76.4 Å². The zero-order valence-electron chi connectivity index (χ0n) is 10.6. The van der Waals surface area contributed by atoms with Crippen LogP contribution in [0.25, 0.3) is 0 Å². The van der Waals surface area contributed by atoms with Gasteiger partial charge in [-0.1, -0.05) is 71.1 Å². The topological polar surface area (TPSA) is 0 Å². The van der Waals surface area contributed by atoms with Crippen molar-refractivity contribution in [1.82, 2.24) is 0 Å². The van der Waals surface area contributed by atoms with Crippen LogP contribution in [-0.2, 0) is 0 Å². The molecule has 0 heterocycles. The van der Waals surface area contributed by atoms with Gasteiger partial charge in [0.25, 0.3) is 0 Å². The molecule has 0 atom stereocenters. The molecule has 0 rings (SSSR count). The maximum Gasteiger partial charge on any atom is 0.211 e. The summed E-state index contributed by atoms with van der Waals surface area (Å²) in [6.45, 7) is 2.29. The lowest BCUT2D eigenvalue weighted by Gasteiger charge is -2.00. The molecule has 0 unspecified atom stereocenters. The first-order valence-corrected chi connectivity index (χ1v) is 7.83. The zero-order chi connectivity index (χ0) is 9.78. The van der Waals surface area contributed by atoms with Crippen LogP contribution >= 0.6 is 34.0 Å². The maximum atomic E-state index is 2.29. The molecule has 3 heteroatoms. The Morgan fingerprint density at radius 3 is 1.27 bits per heavy atom. The van der Waals surface area contributed by atoms with E-state index >= 15 is 0 Å². The molecule has 0 saturated carbocycles. The van der Waals surface area contributed by atoms with E-state index in [1.807, 2.05) is 0 Å². The largest absolute Gasteiger partial charge is 0.211 e. The summed E-state index contributed by atoms with van der Waals surface area (Å²) in [7, 11) is 0. The van der Waals surface area contributed by atoms with Gasteiger partial charge in [-0.2, -0.15) is 0 Å². The summed E-state index contributed by atoms with van der Waals surface area (Å²) < 4.78 is 0. The van der Waals surface area contributed by atoms with E-state index < -0.39 is 0 Å². The van der Waals surface area contributed by atoms with E-state index in [0.717, 1.165) is 0 Å². The Morgan fingerprint density at radius 2 is 0.933 bits per heavy atom. The van der Waals surface area contributed by atoms with Crippen LogP contribution < -0.4 is 0 Å². The SMILES string of the molecule is Br.Br.CCCCCCCCCCC[CH2][AlH2]. The average molecular weight is 360 g/mol. The molecule has 0 aliphatic rings. The van der Waals surface area contributed by atoms with Gasteiger partial charge in [0.15, 0.2) is 0 Å². The van der Waals surface area contributed by atoms with Gasteiger partial charge < -0.3 is 0 Å². The summed E-state index contributed by atoms with van der Waals surface area (Å²) in [4.78, 5) is 0. The molecule has 0 fully saturated rings. The summed E-state index contributed by atoms with van der Waals surface area (Å²) in [6, 6.07) is 0. The summed E-state index contributed by atoms with van der Waals surface area (Å²) in [5.74, 6) is 0. The molecule has 0 aromatic heterocycles. The number of halogens is 2. The second-order valence-corrected chi connectivity index (χ2v) is 5.18. The second kappa shape index (κ2) is 20.9. The number of unbranched alkanes of at least 4 members (excludes halogenated alkanes) is 9. The predicted molar refractivity (Wildman–Crippen MR) is 85.8 cm³/mol. The zero-order valence-corrected chi connectivity index (χ0v) is 16.0. The van der Waals surface area contributed by atoms with Crippen LogP contribution in [0, 0.1) is 0 Å². The van der Waals surface area contributed by atoms with Crippen LogP contribution in [0.3, 0.4) is 0 Å². The Labute approximate surface area is 126 Å². The third-order valence-electron chi connectivity index (χ3n) is 2.71. The molecule has 0 amide bonds. The van der Waals surface area contributed by atoms with Gasteiger partial charge in [-0.25, -0.2) is 0 Å². The van der Waals surface area contributed by atoms with Crippen molar-refractivity contribution in [1.29, 1.82) is 0 Å². The van der Waals surface area contributed by atoms with Gasteiger partial charge in [-0.15, -0.1) is 39.2 Å². The van der Waals surface area contributed by atoms with Crippen molar-refractivity contribution < 1.29 is 0 Å². The van der Waals surface area contributed by atoms with Gasteiger partial charge in [-0.05, 0) is 0 Å². The van der Waals surface area contributed by atoms with Gasteiger partial charge >= 0.3 is 0 Å². The Kier molecular flexibility index (Phi) is 30.2. The molecule has 0 bridgehead atoms. The highest BCUT2D eigenvalue weighted by molar-refractivity contribution is 8.93. The van der Waals surface area contributed by atoms with Crippen molar-refractivity contribution in [3.63, 3.8) is 0 Å². The monoisotopic (exact) mass is 358 g/mol. The third-order valence-corrected chi connectivity index (χ3v) is 3.41. The van der Waals surface area contributed by atoms with E-state index in [4.69, 9.17) is 0 Å². The van der Waals surface area contributed by atoms with E-state index in [-0.39, 0.29) is 34.0 Å². The Morgan fingerprint density at radius 1 is 0.600 bits per heavy atom. The van der Waals surface area contributed by atoms with E-state index in [1.54, 1.807) is 0 Å². The molecule has 0 aliphatic carbocycles. The number of hydrogen-bond donors (Lipinski definition) is 0. The van der Waals surface area contributed by atoms with Crippen LogP contribution in [0.2, 0.25) is 5.28 Å². The third kappa shape index (κ3) is 21.4. The molecule has 0 saturated heterocycles. The van der Waals surface area contributed by atoms with Gasteiger partial charge in [-0.3, -0.25) is 0 Å². The van der Waals surface area contributed by atoms with Crippen molar-refractivity contribution in [2.24, 2.45) is 0 Å². The summed E-state index contributed by atoms with van der Waals surface area (Å²) in [6.07, 6.45) is 14.7. The Bertz CT molecular complexity index is 79.7. The molecular weight excluding hydrogens is 331 g/mol. The lowest BCUT2D eigenvalue weighted by Crippen LogP contribution is -1.81. The Hall–Kier alpha value is 1.49. The van der Waals surface area contributed by atoms with E-state index in [2.05, 4.69) is 6.92 Å². The maximum absolute atomic E-state index is 2.29. The minimum Gasteiger partial charge on any atom is -0.114 e. The van der Waals surface area contributed by atoms with E-state index in [0.29, 0.717) is 0 Å². The molecule has 0 N–H and O–H groups in total. The first kappa shape index (κ1) is 21.7. The lowest BCUT2D eigenvalue weighted by atomic mass is 10.1. The molecular formula is C12H29AlBr2. The van der Waals surface area contributed by atoms with E-state index in [9.17, 15) is 0 Å². The summed E-state index contributed by atoms with van der Waals surface area (Å²) in [5, 5.41) is 1.51. The fraction of sp³-hybridized carbons (Fsp3) is 1.00. The fourth-order valence-corrected chi connectivity index (χ4v) is 2.24. The first-order chi connectivity index (χ1) is 6.41. The van der Waals surface area contributed by atoms with E-state index in [1.165, 1.54) is 85.8 Å². The molecule has 94 valence electrons. The van der Waals surface area contributed by atoms with Crippen molar-refractivity contribution >= 4 is 50.3 Å². The summed E-state index contributed by atoms with van der Waals surface area (Å²) >= 11 is 1.41. The smallest absolute Gasteiger partial charge is 0.114 e. The molecule has 0 spiro atoms. The van der Waals surface area contributed by atoms with Gasteiger partial charge in [0.2, 0.25) is 16.3 Å². The highest BCUT2D eigenvalue weighted by Crippen LogP contribution is 2.10. The lowest BCUT2D eigenvalue weighted by molar-refractivity contribution is 0.562. The molecule has 0 aliphatic heterocycles. The molecule has 0 aromatic rings. The average Bonchev–Trinajstić information content (AvgIpc) is 2.16. The summed E-state index contributed by atoms with van der Waals surface area (Å²) in [5.41, 5.74) is 0. The van der Waals surface area contributed by atoms with Crippen LogP contribution in [-0.4, -0.2) is 16.3 Å². The number of rotatable bonds is 10. The van der Waals surface area contributed by atoms with Crippen LogP contribution in [0.1, 0.15) is 71.1 Å². The first-order valence-electron chi connectivity index (χ1n) is 6.41. The standard InChI is InChI=1S/C12H25.Al.2BrH.2H/c1-3-5-7-9-11-12-10-8-6-4-2;;;;;/h1,3-12H2,2H3;;2*1H;;. The van der Waals surface area contributed by atoms with Gasteiger partial charge in [0, 0.05) is 0 Å². The van der Waals surface area contributed by atoms with Gasteiger partial charge in [0.1, 0.15) is 0 Å². The molecule has 0 aromatic carbocycles. The van der Waals surface area contributed by atoms with Crippen LogP contribution in [0.5, 0.6) is 0 Å².